The van der Waals surface area contributed by atoms with Crippen LogP contribution in [0.4, 0.5) is 33.3 Å². The topological polar surface area (TPSA) is 96.8 Å². The highest BCUT2D eigenvalue weighted by atomic mass is 19.4. The monoisotopic (exact) mass is 564 g/mol. The van der Waals surface area contributed by atoms with Crippen LogP contribution in [0.3, 0.4) is 0 Å². The highest BCUT2D eigenvalue weighted by Gasteiger charge is 2.34. The van der Waals surface area contributed by atoms with E-state index in [-0.39, 0.29) is 31.1 Å². The summed E-state index contributed by atoms with van der Waals surface area (Å²) in [7, 11) is 0. The molecule has 0 saturated heterocycles. The standard InChI is InChI=1S/C29H29F5N2O4/c30-28(31,32)16-2-18-38-24-13-8-22(9-14-24)29(33,34)40-25-11-4-20(5-12-25)6-15-27(37)39-17-1-3-21-7-10-23(35)19-26(21)36/h4-15,19H,1-3,16-18,35-36H2/b15-6+. The molecular weight excluding hydrogens is 535 g/mol. The fraction of sp³-hybridized carbons (Fsp3) is 0.276. The molecule has 0 heterocycles. The highest BCUT2D eigenvalue weighted by Crippen LogP contribution is 2.33. The Labute approximate surface area is 228 Å². The molecule has 3 aromatic rings. The lowest BCUT2D eigenvalue weighted by Crippen LogP contribution is -2.21. The van der Waals surface area contributed by atoms with Crippen molar-refractivity contribution in [1.82, 2.24) is 0 Å². The van der Waals surface area contributed by atoms with E-state index in [0.717, 1.165) is 17.7 Å². The van der Waals surface area contributed by atoms with Gasteiger partial charge in [0.05, 0.1) is 18.8 Å². The van der Waals surface area contributed by atoms with Crippen LogP contribution in [-0.4, -0.2) is 25.4 Å². The SMILES string of the molecule is Nc1ccc(CCCOC(=O)/C=C/c2ccc(OC(F)(F)c3ccc(OCCCC(F)(F)F)cc3)cc2)c(N)c1. The number of anilines is 2. The Morgan fingerprint density at radius 2 is 1.50 bits per heavy atom. The molecule has 0 amide bonds. The second kappa shape index (κ2) is 13.7. The highest BCUT2D eigenvalue weighted by molar-refractivity contribution is 5.87. The van der Waals surface area contributed by atoms with Gasteiger partial charge in [-0.15, -0.1) is 0 Å². The van der Waals surface area contributed by atoms with Crippen molar-refractivity contribution < 1.29 is 41.0 Å². The number of carbonyl (C=O) groups is 1. The van der Waals surface area contributed by atoms with Gasteiger partial charge in [-0.1, -0.05) is 18.2 Å². The van der Waals surface area contributed by atoms with Gasteiger partial charge in [0.15, 0.2) is 0 Å². The minimum absolute atomic E-state index is 0.112. The van der Waals surface area contributed by atoms with Gasteiger partial charge in [-0.3, -0.25) is 0 Å². The number of aryl methyl sites for hydroxylation is 1. The van der Waals surface area contributed by atoms with Gasteiger partial charge in [0, 0.05) is 23.9 Å². The fourth-order valence-corrected chi connectivity index (χ4v) is 3.55. The third-order valence-electron chi connectivity index (χ3n) is 5.61. The molecular formula is C29H29F5N2O4. The number of alkyl halides is 5. The summed E-state index contributed by atoms with van der Waals surface area (Å²) in [6.07, 6.45) is -5.26. The van der Waals surface area contributed by atoms with Crippen molar-refractivity contribution >= 4 is 23.4 Å². The Kier molecular flexibility index (Phi) is 10.4. The van der Waals surface area contributed by atoms with Gasteiger partial charge in [-0.25, -0.2) is 4.79 Å². The number of ether oxygens (including phenoxy) is 3. The molecule has 3 rings (SSSR count). The minimum Gasteiger partial charge on any atom is -0.494 e. The average Bonchev–Trinajstić information content (AvgIpc) is 2.89. The van der Waals surface area contributed by atoms with Crippen molar-refractivity contribution in [1.29, 1.82) is 0 Å². The number of hydrogen-bond acceptors (Lipinski definition) is 6. The van der Waals surface area contributed by atoms with Crippen molar-refractivity contribution in [3.05, 3.63) is 89.5 Å². The van der Waals surface area contributed by atoms with Crippen molar-refractivity contribution in [2.45, 2.75) is 38.0 Å². The lowest BCUT2D eigenvalue weighted by atomic mass is 10.1. The van der Waals surface area contributed by atoms with Crippen molar-refractivity contribution in [3.8, 4) is 11.5 Å². The number of benzene rings is 3. The van der Waals surface area contributed by atoms with Gasteiger partial charge >= 0.3 is 18.3 Å². The van der Waals surface area contributed by atoms with Crippen LogP contribution in [-0.2, 0) is 22.1 Å². The van der Waals surface area contributed by atoms with Gasteiger partial charge in [0.2, 0.25) is 0 Å². The van der Waals surface area contributed by atoms with E-state index < -0.39 is 30.2 Å². The number of nitrogen functional groups attached to an aromatic ring is 2. The van der Waals surface area contributed by atoms with Crippen LogP contribution in [0.2, 0.25) is 0 Å². The zero-order valence-corrected chi connectivity index (χ0v) is 21.4. The quantitative estimate of drug-likeness (QED) is 0.0772. The first-order valence-corrected chi connectivity index (χ1v) is 12.4. The molecule has 0 fully saturated rings. The van der Waals surface area contributed by atoms with Gasteiger partial charge in [-0.2, -0.15) is 22.0 Å². The summed E-state index contributed by atoms with van der Waals surface area (Å²) in [6, 6.07) is 15.5. The molecule has 0 aromatic heterocycles. The number of rotatable bonds is 13. The normalized spacial score (nSPS) is 11.9. The molecule has 0 spiro atoms. The van der Waals surface area contributed by atoms with Crippen LogP contribution in [0.15, 0.2) is 72.8 Å². The minimum atomic E-state index is -4.28. The molecule has 214 valence electrons. The third kappa shape index (κ3) is 10.1. The van der Waals surface area contributed by atoms with Gasteiger partial charge in [0.25, 0.3) is 0 Å². The van der Waals surface area contributed by atoms with E-state index in [1.807, 2.05) is 6.07 Å². The van der Waals surface area contributed by atoms with E-state index in [1.165, 1.54) is 48.6 Å². The third-order valence-corrected chi connectivity index (χ3v) is 5.61. The summed E-state index contributed by atoms with van der Waals surface area (Å²) in [6.45, 7) is 0.00432. The summed E-state index contributed by atoms with van der Waals surface area (Å²) >= 11 is 0. The molecule has 0 aliphatic heterocycles. The van der Waals surface area contributed by atoms with E-state index in [4.69, 9.17) is 25.7 Å². The maximum absolute atomic E-state index is 14.6. The van der Waals surface area contributed by atoms with Gasteiger partial charge in [0.1, 0.15) is 11.5 Å². The summed E-state index contributed by atoms with van der Waals surface area (Å²) in [4.78, 5) is 12.0. The van der Waals surface area contributed by atoms with Crippen LogP contribution >= 0.6 is 0 Å². The second-order valence-corrected chi connectivity index (χ2v) is 8.84. The summed E-state index contributed by atoms with van der Waals surface area (Å²) < 4.78 is 80.8. The number of halogens is 5. The summed E-state index contributed by atoms with van der Waals surface area (Å²) in [5.41, 5.74) is 13.8. The Morgan fingerprint density at radius 3 is 2.15 bits per heavy atom. The molecule has 0 bridgehead atoms. The molecule has 0 radical (unpaired) electrons. The Morgan fingerprint density at radius 1 is 0.825 bits per heavy atom. The molecule has 0 saturated carbocycles. The molecule has 6 nitrogen and oxygen atoms in total. The number of carbonyl (C=O) groups excluding carboxylic acids is 1. The lowest BCUT2D eigenvalue weighted by Gasteiger charge is -2.18. The number of nitrogens with two attached hydrogens (primary N) is 2. The average molecular weight is 565 g/mol. The van der Waals surface area contributed by atoms with Gasteiger partial charge in [-0.05, 0) is 85.0 Å². The predicted molar refractivity (Wildman–Crippen MR) is 142 cm³/mol. The molecule has 40 heavy (non-hydrogen) atoms. The summed E-state index contributed by atoms with van der Waals surface area (Å²) in [5, 5.41) is 0. The van der Waals surface area contributed by atoms with Crippen molar-refractivity contribution in [3.63, 3.8) is 0 Å². The first kappa shape index (κ1) is 30.3. The first-order valence-electron chi connectivity index (χ1n) is 12.4. The molecule has 0 aliphatic rings. The van der Waals surface area contributed by atoms with Crippen LogP contribution in [0.25, 0.3) is 6.08 Å². The van der Waals surface area contributed by atoms with E-state index in [9.17, 15) is 26.7 Å². The Bertz CT molecular complexity index is 1280. The Balaban J connectivity index is 1.43. The zero-order valence-electron chi connectivity index (χ0n) is 21.4. The van der Waals surface area contributed by atoms with Crippen molar-refractivity contribution in [2.24, 2.45) is 0 Å². The maximum atomic E-state index is 14.6. The van der Waals surface area contributed by atoms with E-state index in [0.29, 0.717) is 29.8 Å². The molecule has 3 aromatic carbocycles. The smallest absolute Gasteiger partial charge is 0.426 e. The first-order chi connectivity index (χ1) is 18.9. The lowest BCUT2D eigenvalue weighted by molar-refractivity contribution is -0.185. The second-order valence-electron chi connectivity index (χ2n) is 8.84. The van der Waals surface area contributed by atoms with E-state index in [1.54, 1.807) is 12.1 Å². The van der Waals surface area contributed by atoms with Gasteiger partial charge < -0.3 is 25.7 Å². The maximum Gasteiger partial charge on any atom is 0.426 e. The predicted octanol–water partition coefficient (Wildman–Crippen LogP) is 6.89. The van der Waals surface area contributed by atoms with Crippen LogP contribution in [0, 0.1) is 0 Å². The molecule has 0 aliphatic carbocycles. The molecule has 0 atom stereocenters. The van der Waals surface area contributed by atoms with Crippen LogP contribution in [0.1, 0.15) is 36.0 Å². The summed E-state index contributed by atoms with van der Waals surface area (Å²) in [5.74, 6) is -0.494. The van der Waals surface area contributed by atoms with Crippen LogP contribution < -0.4 is 20.9 Å². The Hall–Kier alpha value is -4.28. The van der Waals surface area contributed by atoms with E-state index in [2.05, 4.69) is 0 Å². The number of esters is 1. The van der Waals surface area contributed by atoms with Crippen molar-refractivity contribution in [2.75, 3.05) is 24.7 Å². The number of hydrogen-bond donors (Lipinski definition) is 2. The zero-order chi connectivity index (χ0) is 29.2. The molecule has 0 unspecified atom stereocenters. The molecule has 11 heteroatoms. The fourth-order valence-electron chi connectivity index (χ4n) is 3.55. The largest absolute Gasteiger partial charge is 0.494 e. The van der Waals surface area contributed by atoms with E-state index >= 15 is 0 Å². The van der Waals surface area contributed by atoms with Crippen LogP contribution in [0.5, 0.6) is 11.5 Å². The molecule has 4 N–H and O–H groups in total.